The summed E-state index contributed by atoms with van der Waals surface area (Å²) < 4.78 is 3.48. The minimum atomic E-state index is -0.0266. The molecule has 2 aromatic heterocycles. The second-order valence-corrected chi connectivity index (χ2v) is 4.03. The van der Waals surface area contributed by atoms with E-state index in [-0.39, 0.29) is 5.78 Å². The van der Waals surface area contributed by atoms with Crippen molar-refractivity contribution in [1.82, 2.24) is 24.5 Å². The summed E-state index contributed by atoms with van der Waals surface area (Å²) in [6.45, 7) is 1.05. The fourth-order valence-electron chi connectivity index (χ4n) is 1.66. The summed E-state index contributed by atoms with van der Waals surface area (Å²) in [6, 6.07) is 0. The second kappa shape index (κ2) is 5.54. The molecular weight excluding hydrogens is 232 g/mol. The van der Waals surface area contributed by atoms with E-state index in [9.17, 15) is 4.79 Å². The molecule has 0 saturated heterocycles. The van der Waals surface area contributed by atoms with Gasteiger partial charge in [0.2, 0.25) is 0 Å². The Kier molecular flexibility index (Phi) is 3.83. The van der Waals surface area contributed by atoms with E-state index in [1.54, 1.807) is 17.1 Å². The number of Topliss-reactive ketones (excluding diaryl/α,β-unsaturated/α-hetero) is 1. The second-order valence-electron chi connectivity index (χ2n) is 4.03. The van der Waals surface area contributed by atoms with E-state index in [1.807, 2.05) is 17.8 Å². The van der Waals surface area contributed by atoms with E-state index in [0.717, 1.165) is 5.82 Å². The van der Waals surface area contributed by atoms with Crippen LogP contribution >= 0.6 is 0 Å². The number of hydrogen-bond donors (Lipinski definition) is 1. The summed E-state index contributed by atoms with van der Waals surface area (Å²) in [5.74, 6) is 0.860. The highest BCUT2D eigenvalue weighted by Gasteiger charge is 2.12. The van der Waals surface area contributed by atoms with Crippen LogP contribution in [0.2, 0.25) is 0 Å². The van der Waals surface area contributed by atoms with Crippen molar-refractivity contribution in [3.8, 4) is 0 Å². The van der Waals surface area contributed by atoms with Crippen molar-refractivity contribution in [3.05, 3.63) is 30.1 Å². The van der Waals surface area contributed by atoms with Gasteiger partial charge in [0, 0.05) is 38.8 Å². The Morgan fingerprint density at radius 1 is 1.50 bits per heavy atom. The molecule has 96 valence electrons. The lowest BCUT2D eigenvalue weighted by Crippen LogP contribution is -2.10. The van der Waals surface area contributed by atoms with Crippen LogP contribution in [0.1, 0.15) is 22.7 Å². The first-order valence-electron chi connectivity index (χ1n) is 5.80. The molecule has 0 radical (unpaired) electrons. The van der Waals surface area contributed by atoms with Gasteiger partial charge >= 0.3 is 0 Å². The van der Waals surface area contributed by atoms with E-state index in [1.165, 1.54) is 0 Å². The maximum atomic E-state index is 11.9. The van der Waals surface area contributed by atoms with Crippen molar-refractivity contribution in [2.24, 2.45) is 12.8 Å². The van der Waals surface area contributed by atoms with Crippen LogP contribution in [-0.4, -0.2) is 36.9 Å². The first-order valence-corrected chi connectivity index (χ1v) is 5.80. The van der Waals surface area contributed by atoms with E-state index in [0.29, 0.717) is 31.6 Å². The third-order valence-electron chi connectivity index (χ3n) is 2.68. The largest absolute Gasteiger partial charge is 0.338 e. The fourth-order valence-corrected chi connectivity index (χ4v) is 1.66. The molecule has 18 heavy (non-hydrogen) atoms. The molecule has 2 aromatic rings. The van der Waals surface area contributed by atoms with Crippen LogP contribution in [0.25, 0.3) is 0 Å². The Morgan fingerprint density at radius 3 is 3.00 bits per heavy atom. The molecule has 0 amide bonds. The summed E-state index contributed by atoms with van der Waals surface area (Å²) in [5, 5.41) is 7.67. The quantitative estimate of drug-likeness (QED) is 0.714. The Hall–Kier alpha value is -2.02. The summed E-state index contributed by atoms with van der Waals surface area (Å²) in [5.41, 5.74) is 5.79. The predicted molar refractivity (Wildman–Crippen MR) is 64.9 cm³/mol. The molecule has 0 spiro atoms. The van der Waals surface area contributed by atoms with E-state index >= 15 is 0 Å². The molecule has 0 aliphatic rings. The van der Waals surface area contributed by atoms with Gasteiger partial charge in [0.1, 0.15) is 11.5 Å². The smallest absolute Gasteiger partial charge is 0.185 e. The maximum Gasteiger partial charge on any atom is 0.185 e. The highest BCUT2D eigenvalue weighted by molar-refractivity contribution is 5.93. The summed E-state index contributed by atoms with van der Waals surface area (Å²) in [7, 11) is 1.91. The third kappa shape index (κ3) is 2.80. The first kappa shape index (κ1) is 12.4. The zero-order chi connectivity index (χ0) is 13.0. The monoisotopic (exact) mass is 248 g/mol. The molecule has 0 aliphatic heterocycles. The molecule has 0 bridgehead atoms. The van der Waals surface area contributed by atoms with Crippen molar-refractivity contribution in [2.75, 3.05) is 6.54 Å². The van der Waals surface area contributed by atoms with Crippen molar-refractivity contribution in [3.63, 3.8) is 0 Å². The number of carbonyl (C=O) groups is 1. The molecular formula is C11H16N6O. The topological polar surface area (TPSA) is 91.6 Å². The highest BCUT2D eigenvalue weighted by atomic mass is 16.1. The highest BCUT2D eigenvalue weighted by Crippen LogP contribution is 2.04. The van der Waals surface area contributed by atoms with Gasteiger partial charge < -0.3 is 10.3 Å². The summed E-state index contributed by atoms with van der Waals surface area (Å²) in [4.78, 5) is 16.1. The van der Waals surface area contributed by atoms with Crippen LogP contribution in [0.15, 0.2) is 18.6 Å². The van der Waals surface area contributed by atoms with Crippen LogP contribution in [0.3, 0.4) is 0 Å². The number of nitrogens with zero attached hydrogens (tertiary/aromatic N) is 5. The maximum absolute atomic E-state index is 11.9. The zero-order valence-electron chi connectivity index (χ0n) is 10.3. The number of ketones is 1. The van der Waals surface area contributed by atoms with Crippen LogP contribution in [0.5, 0.6) is 0 Å². The minimum Gasteiger partial charge on any atom is -0.338 e. The van der Waals surface area contributed by atoms with Gasteiger partial charge in [0.15, 0.2) is 5.78 Å². The van der Waals surface area contributed by atoms with Crippen LogP contribution in [0, 0.1) is 0 Å². The van der Waals surface area contributed by atoms with Gasteiger partial charge in [-0.15, -0.1) is 5.10 Å². The third-order valence-corrected chi connectivity index (χ3v) is 2.68. The predicted octanol–water partition coefficient (Wildman–Crippen LogP) is -0.214. The molecule has 2 heterocycles. The van der Waals surface area contributed by atoms with E-state index in [4.69, 9.17) is 5.73 Å². The van der Waals surface area contributed by atoms with Gasteiger partial charge in [-0.3, -0.25) is 9.48 Å². The average molecular weight is 248 g/mol. The molecule has 0 unspecified atom stereocenters. The number of nitrogens with two attached hydrogens (primary N) is 1. The molecule has 0 fully saturated rings. The Balaban J connectivity index is 1.93. The molecule has 2 N–H and O–H groups in total. The van der Waals surface area contributed by atoms with Gasteiger partial charge in [-0.1, -0.05) is 5.21 Å². The SMILES string of the molecule is Cn1ccnc1CCC(=O)c1cn(CCN)nn1. The number of carbonyl (C=O) groups excluding carboxylic acids is 1. The van der Waals surface area contributed by atoms with Crippen molar-refractivity contribution in [2.45, 2.75) is 19.4 Å². The lowest BCUT2D eigenvalue weighted by atomic mass is 10.2. The molecule has 7 nitrogen and oxygen atoms in total. The standard InChI is InChI=1S/C11H16N6O/c1-16-7-5-13-11(16)3-2-10(18)9-8-17(6-4-12)15-14-9/h5,7-8H,2-4,6,12H2,1H3. The summed E-state index contributed by atoms with van der Waals surface area (Å²) in [6.07, 6.45) is 6.19. The molecule has 7 heteroatoms. The Labute approximate surface area is 105 Å². The van der Waals surface area contributed by atoms with Gasteiger partial charge in [-0.2, -0.15) is 0 Å². The van der Waals surface area contributed by atoms with Crippen LogP contribution in [0.4, 0.5) is 0 Å². The molecule has 0 saturated carbocycles. The van der Waals surface area contributed by atoms with Gasteiger partial charge in [-0.05, 0) is 0 Å². The first-order chi connectivity index (χ1) is 8.70. The van der Waals surface area contributed by atoms with Crippen molar-refractivity contribution in [1.29, 1.82) is 0 Å². The molecule has 0 aromatic carbocycles. The van der Waals surface area contributed by atoms with Crippen LogP contribution in [-0.2, 0) is 20.0 Å². The Bertz CT molecular complexity index is 529. The zero-order valence-corrected chi connectivity index (χ0v) is 10.3. The number of aromatic nitrogens is 5. The van der Waals surface area contributed by atoms with Gasteiger partial charge in [0.25, 0.3) is 0 Å². The number of hydrogen-bond acceptors (Lipinski definition) is 5. The van der Waals surface area contributed by atoms with Gasteiger partial charge in [-0.25, -0.2) is 4.98 Å². The molecule has 0 aliphatic carbocycles. The number of rotatable bonds is 6. The summed E-state index contributed by atoms with van der Waals surface area (Å²) >= 11 is 0. The molecule has 2 rings (SSSR count). The number of imidazole rings is 1. The fraction of sp³-hybridized carbons (Fsp3) is 0.455. The van der Waals surface area contributed by atoms with E-state index in [2.05, 4.69) is 15.3 Å². The van der Waals surface area contributed by atoms with Crippen LogP contribution < -0.4 is 5.73 Å². The van der Waals surface area contributed by atoms with Crippen molar-refractivity contribution < 1.29 is 4.79 Å². The normalized spacial score (nSPS) is 10.8. The molecule has 0 atom stereocenters. The van der Waals surface area contributed by atoms with E-state index < -0.39 is 0 Å². The lowest BCUT2D eigenvalue weighted by molar-refractivity contribution is 0.0977. The van der Waals surface area contributed by atoms with Crippen molar-refractivity contribution >= 4 is 5.78 Å². The number of aryl methyl sites for hydroxylation is 2. The lowest BCUT2D eigenvalue weighted by Gasteiger charge is -1.99. The minimum absolute atomic E-state index is 0.0266. The average Bonchev–Trinajstić information content (AvgIpc) is 2.96. The van der Waals surface area contributed by atoms with Gasteiger partial charge in [0.05, 0.1) is 12.7 Å². The Morgan fingerprint density at radius 2 is 2.33 bits per heavy atom.